The first-order valence-corrected chi connectivity index (χ1v) is 10.2. The summed E-state index contributed by atoms with van der Waals surface area (Å²) in [6, 6.07) is 13.7. The second-order valence-corrected chi connectivity index (χ2v) is 8.24. The summed E-state index contributed by atoms with van der Waals surface area (Å²) in [4.78, 5) is 39.6. The molecule has 0 saturated carbocycles. The van der Waals surface area contributed by atoms with Crippen LogP contribution in [0, 0.1) is 0 Å². The number of hydrogen-bond acceptors (Lipinski definition) is 5. The van der Waals surface area contributed by atoms with E-state index in [1.807, 2.05) is 6.07 Å². The van der Waals surface area contributed by atoms with E-state index in [2.05, 4.69) is 0 Å². The Labute approximate surface area is 177 Å². The van der Waals surface area contributed by atoms with E-state index in [-0.39, 0.29) is 23.7 Å². The number of Topliss-reactive ketones (excluding diaryl/α,β-unsaturated/α-hetero) is 1. The average molecular weight is 424 g/mol. The number of benzene rings is 2. The van der Waals surface area contributed by atoms with Gasteiger partial charge in [-0.15, -0.1) is 0 Å². The van der Waals surface area contributed by atoms with Crippen LogP contribution in [0.2, 0.25) is 5.02 Å². The molecule has 7 heteroatoms. The van der Waals surface area contributed by atoms with Crippen molar-refractivity contribution in [2.24, 2.45) is 0 Å². The number of nitrogens with zero attached hydrogens (tertiary/aromatic N) is 1. The molecule has 1 fully saturated rings. The van der Waals surface area contributed by atoms with E-state index in [0.29, 0.717) is 53.2 Å². The molecule has 1 saturated heterocycles. The molecule has 152 valence electrons. The number of ether oxygens (including phenoxy) is 1. The van der Waals surface area contributed by atoms with Crippen molar-refractivity contribution >= 4 is 34.3 Å². The number of likely N-dealkylation sites (tertiary alicyclic amines) is 1. The summed E-state index contributed by atoms with van der Waals surface area (Å²) < 4.78 is 11.5. The van der Waals surface area contributed by atoms with E-state index < -0.39 is 11.2 Å². The van der Waals surface area contributed by atoms with Gasteiger partial charge < -0.3 is 14.1 Å². The Hall–Kier alpha value is -3.12. The fourth-order valence-corrected chi connectivity index (χ4v) is 4.42. The molecule has 3 heterocycles. The molecule has 2 aliphatic rings. The maximum atomic E-state index is 13.0. The van der Waals surface area contributed by atoms with Crippen molar-refractivity contribution in [2.75, 3.05) is 13.1 Å². The number of piperidine rings is 1. The minimum absolute atomic E-state index is 0.00583. The van der Waals surface area contributed by atoms with Crippen molar-refractivity contribution in [3.05, 3.63) is 75.1 Å². The number of rotatable bonds is 1. The Balaban J connectivity index is 1.36. The van der Waals surface area contributed by atoms with Crippen LogP contribution >= 0.6 is 11.6 Å². The SMILES string of the molecule is O=C1CC2(CCN(C(=O)c3cc4ccccc4oc3=O)CC2)Oc2ccc(Cl)cc21. The molecule has 3 aromatic rings. The highest BCUT2D eigenvalue weighted by Crippen LogP contribution is 2.40. The highest BCUT2D eigenvalue weighted by molar-refractivity contribution is 6.31. The summed E-state index contributed by atoms with van der Waals surface area (Å²) in [5, 5.41) is 1.20. The lowest BCUT2D eigenvalue weighted by atomic mass is 9.82. The quantitative estimate of drug-likeness (QED) is 0.551. The van der Waals surface area contributed by atoms with Crippen molar-refractivity contribution in [1.29, 1.82) is 0 Å². The third-order valence-corrected chi connectivity index (χ3v) is 6.12. The molecule has 0 atom stereocenters. The van der Waals surface area contributed by atoms with Crippen LogP contribution in [-0.4, -0.2) is 35.3 Å². The Morgan fingerprint density at radius 1 is 1.03 bits per heavy atom. The van der Waals surface area contributed by atoms with Gasteiger partial charge in [-0.1, -0.05) is 29.8 Å². The van der Waals surface area contributed by atoms with E-state index >= 15 is 0 Å². The summed E-state index contributed by atoms with van der Waals surface area (Å²) in [5.74, 6) is 0.165. The summed E-state index contributed by atoms with van der Waals surface area (Å²) >= 11 is 6.00. The Morgan fingerprint density at radius 3 is 2.60 bits per heavy atom. The van der Waals surface area contributed by atoms with Gasteiger partial charge in [0.15, 0.2) is 5.78 Å². The number of hydrogen-bond donors (Lipinski definition) is 0. The van der Waals surface area contributed by atoms with Crippen LogP contribution in [0.15, 0.2) is 57.7 Å². The first kappa shape index (κ1) is 18.9. The highest BCUT2D eigenvalue weighted by Gasteiger charge is 2.44. The number of ketones is 1. The zero-order valence-corrected chi connectivity index (χ0v) is 16.8. The van der Waals surface area contributed by atoms with E-state index in [1.54, 1.807) is 47.4 Å². The zero-order valence-electron chi connectivity index (χ0n) is 16.0. The third kappa shape index (κ3) is 3.17. The van der Waals surface area contributed by atoms with Crippen LogP contribution in [0.3, 0.4) is 0 Å². The molecule has 1 amide bonds. The molecule has 30 heavy (non-hydrogen) atoms. The fraction of sp³-hybridized carbons (Fsp3) is 0.261. The van der Waals surface area contributed by atoms with E-state index in [0.717, 1.165) is 0 Å². The number of halogens is 1. The topological polar surface area (TPSA) is 76.8 Å². The molecule has 0 bridgehead atoms. The van der Waals surface area contributed by atoms with Crippen LogP contribution in [0.5, 0.6) is 5.75 Å². The van der Waals surface area contributed by atoms with Crippen LogP contribution in [0.4, 0.5) is 0 Å². The molecule has 1 aromatic heterocycles. The summed E-state index contributed by atoms with van der Waals surface area (Å²) in [6.45, 7) is 0.780. The number of para-hydroxylation sites is 1. The third-order valence-electron chi connectivity index (χ3n) is 5.88. The smallest absolute Gasteiger partial charge is 0.349 e. The summed E-state index contributed by atoms with van der Waals surface area (Å²) in [6.07, 6.45) is 1.26. The molecule has 0 unspecified atom stereocenters. The van der Waals surface area contributed by atoms with E-state index in [1.165, 1.54) is 0 Å². The zero-order chi connectivity index (χ0) is 20.9. The summed E-state index contributed by atoms with van der Waals surface area (Å²) in [5.41, 5.74) is -0.313. The lowest BCUT2D eigenvalue weighted by Crippen LogP contribution is -2.52. The van der Waals surface area contributed by atoms with Gasteiger partial charge in [-0.25, -0.2) is 4.79 Å². The molecule has 0 N–H and O–H groups in total. The highest BCUT2D eigenvalue weighted by atomic mass is 35.5. The van der Waals surface area contributed by atoms with Gasteiger partial charge in [-0.2, -0.15) is 0 Å². The van der Waals surface area contributed by atoms with Crippen molar-refractivity contribution < 1.29 is 18.7 Å². The van der Waals surface area contributed by atoms with Crippen LogP contribution in [0.25, 0.3) is 11.0 Å². The number of carbonyl (C=O) groups excluding carboxylic acids is 2. The fourth-order valence-electron chi connectivity index (χ4n) is 4.24. The number of amides is 1. The van der Waals surface area contributed by atoms with E-state index in [9.17, 15) is 14.4 Å². The molecule has 0 radical (unpaired) electrons. The van der Waals surface area contributed by atoms with Gasteiger partial charge in [0.2, 0.25) is 0 Å². The van der Waals surface area contributed by atoms with Crippen molar-refractivity contribution in [2.45, 2.75) is 24.9 Å². The molecule has 2 aliphatic heterocycles. The molecule has 1 spiro atoms. The standard InChI is InChI=1S/C23H18ClNO5/c24-15-5-6-20-16(12-15)18(26)13-23(30-20)7-9-25(10-8-23)21(27)17-11-14-3-1-2-4-19(14)29-22(17)28/h1-6,11-12H,7-10,13H2. The molecule has 0 aliphatic carbocycles. The molecule has 6 nitrogen and oxygen atoms in total. The normalized spacial score (nSPS) is 17.6. The predicted molar refractivity (Wildman–Crippen MR) is 111 cm³/mol. The van der Waals surface area contributed by atoms with Crippen LogP contribution < -0.4 is 10.4 Å². The second-order valence-electron chi connectivity index (χ2n) is 7.80. The van der Waals surface area contributed by atoms with Gasteiger partial charge in [0.05, 0.1) is 12.0 Å². The molecular formula is C23H18ClNO5. The van der Waals surface area contributed by atoms with Crippen molar-refractivity contribution in [3.63, 3.8) is 0 Å². The Kier molecular flexibility index (Phi) is 4.40. The lowest BCUT2D eigenvalue weighted by Gasteiger charge is -2.43. The minimum atomic E-state index is -0.645. The Bertz CT molecular complexity index is 1240. The predicted octanol–water partition coefficient (Wildman–Crippen LogP) is 4.09. The molecule has 2 aromatic carbocycles. The van der Waals surface area contributed by atoms with Gasteiger partial charge in [-0.3, -0.25) is 9.59 Å². The second kappa shape index (κ2) is 6.99. The van der Waals surface area contributed by atoms with Crippen molar-refractivity contribution in [3.8, 4) is 5.75 Å². The van der Waals surface area contributed by atoms with Gasteiger partial charge in [0.1, 0.15) is 22.5 Å². The van der Waals surface area contributed by atoms with Crippen LogP contribution in [0.1, 0.15) is 40.0 Å². The van der Waals surface area contributed by atoms with Crippen LogP contribution in [-0.2, 0) is 0 Å². The number of carbonyl (C=O) groups is 2. The largest absolute Gasteiger partial charge is 0.486 e. The monoisotopic (exact) mass is 423 g/mol. The van der Waals surface area contributed by atoms with Gasteiger partial charge in [0.25, 0.3) is 5.91 Å². The maximum Gasteiger partial charge on any atom is 0.349 e. The van der Waals surface area contributed by atoms with Gasteiger partial charge >= 0.3 is 5.63 Å². The number of fused-ring (bicyclic) bond motifs is 2. The summed E-state index contributed by atoms with van der Waals surface area (Å²) in [7, 11) is 0. The first-order chi connectivity index (χ1) is 14.4. The maximum absolute atomic E-state index is 13.0. The molecular weight excluding hydrogens is 406 g/mol. The van der Waals surface area contributed by atoms with E-state index in [4.69, 9.17) is 20.8 Å². The lowest BCUT2D eigenvalue weighted by molar-refractivity contribution is -0.00578. The van der Waals surface area contributed by atoms with Crippen molar-refractivity contribution in [1.82, 2.24) is 4.90 Å². The van der Waals surface area contributed by atoms with Gasteiger partial charge in [0, 0.05) is 36.3 Å². The first-order valence-electron chi connectivity index (χ1n) is 9.78. The minimum Gasteiger partial charge on any atom is -0.486 e. The average Bonchev–Trinajstić information content (AvgIpc) is 2.74. The molecule has 5 rings (SSSR count). The van der Waals surface area contributed by atoms with Gasteiger partial charge in [-0.05, 0) is 30.3 Å². The Morgan fingerprint density at radius 2 is 1.80 bits per heavy atom.